The molecule has 0 spiro atoms. The van der Waals surface area contributed by atoms with E-state index in [1.165, 1.54) is 38.3 Å². The van der Waals surface area contributed by atoms with Gasteiger partial charge in [-0.05, 0) is 67.1 Å². The van der Waals surface area contributed by atoms with Crippen LogP contribution in [0.5, 0.6) is 5.75 Å². The molecular weight excluding hydrogens is 445 g/mol. The van der Waals surface area contributed by atoms with E-state index in [2.05, 4.69) is 10.0 Å². The van der Waals surface area contributed by atoms with E-state index < -0.39 is 27.7 Å². The molecule has 0 saturated carbocycles. The van der Waals surface area contributed by atoms with Crippen molar-refractivity contribution in [2.45, 2.75) is 18.0 Å². The standard InChI is InChI=1S/C22H19F3N2O4S/c1-14-11-17(26-21(28)15-5-3-8-19(12-15)31-2)9-10-20(14)32(29,30)27-18-7-4-6-16(13-18)22(23,24)25/h3-13,27H,1-2H3,(H,26,28). The molecule has 3 aromatic rings. The minimum Gasteiger partial charge on any atom is -0.497 e. The van der Waals surface area contributed by atoms with E-state index in [-0.39, 0.29) is 10.6 Å². The molecule has 168 valence electrons. The minimum absolute atomic E-state index is 0.130. The Balaban J connectivity index is 1.80. The van der Waals surface area contributed by atoms with Crippen molar-refractivity contribution in [3.05, 3.63) is 83.4 Å². The third-order valence-electron chi connectivity index (χ3n) is 4.50. The van der Waals surface area contributed by atoms with Gasteiger partial charge >= 0.3 is 6.18 Å². The predicted octanol–water partition coefficient (Wildman–Crippen LogP) is 5.08. The zero-order valence-electron chi connectivity index (χ0n) is 17.0. The minimum atomic E-state index is -4.60. The van der Waals surface area contributed by atoms with Crippen LogP contribution in [0, 0.1) is 6.92 Å². The van der Waals surface area contributed by atoms with Gasteiger partial charge < -0.3 is 10.1 Å². The highest BCUT2D eigenvalue weighted by Gasteiger charge is 2.30. The molecule has 10 heteroatoms. The molecular formula is C22H19F3N2O4S. The Bertz CT molecular complexity index is 1260. The van der Waals surface area contributed by atoms with Crippen molar-refractivity contribution in [2.24, 2.45) is 0 Å². The number of amides is 1. The fourth-order valence-corrected chi connectivity index (χ4v) is 4.24. The molecule has 0 aliphatic carbocycles. The zero-order chi connectivity index (χ0) is 23.5. The van der Waals surface area contributed by atoms with Crippen molar-refractivity contribution in [1.82, 2.24) is 0 Å². The van der Waals surface area contributed by atoms with Gasteiger partial charge in [0.15, 0.2) is 0 Å². The van der Waals surface area contributed by atoms with Crippen molar-refractivity contribution in [1.29, 1.82) is 0 Å². The SMILES string of the molecule is COc1cccc(C(=O)Nc2ccc(S(=O)(=O)Nc3cccc(C(F)(F)F)c3)c(C)c2)c1. The van der Waals surface area contributed by atoms with Crippen molar-refractivity contribution in [3.8, 4) is 5.75 Å². The Morgan fingerprint density at radius 3 is 2.31 bits per heavy atom. The molecule has 1 amide bonds. The molecule has 0 bridgehead atoms. The number of carbonyl (C=O) groups excluding carboxylic acids is 1. The molecule has 0 saturated heterocycles. The number of nitrogens with one attached hydrogen (secondary N) is 2. The lowest BCUT2D eigenvalue weighted by molar-refractivity contribution is -0.137. The van der Waals surface area contributed by atoms with Crippen LogP contribution in [0.1, 0.15) is 21.5 Å². The van der Waals surface area contributed by atoms with E-state index in [1.54, 1.807) is 24.3 Å². The smallest absolute Gasteiger partial charge is 0.416 e. The Labute approximate surface area is 183 Å². The summed E-state index contributed by atoms with van der Waals surface area (Å²) in [6.45, 7) is 1.52. The molecule has 0 atom stereocenters. The molecule has 3 rings (SSSR count). The van der Waals surface area contributed by atoms with Crippen LogP contribution in [-0.4, -0.2) is 21.4 Å². The van der Waals surface area contributed by atoms with Gasteiger partial charge in [0.1, 0.15) is 5.75 Å². The van der Waals surface area contributed by atoms with Crippen LogP contribution < -0.4 is 14.8 Å². The Hall–Kier alpha value is -3.53. The van der Waals surface area contributed by atoms with Crippen LogP contribution in [0.3, 0.4) is 0 Å². The van der Waals surface area contributed by atoms with Crippen molar-refractivity contribution in [2.75, 3.05) is 17.1 Å². The summed E-state index contributed by atoms with van der Waals surface area (Å²) in [5, 5.41) is 2.67. The number of rotatable bonds is 6. The average molecular weight is 464 g/mol. The van der Waals surface area contributed by atoms with E-state index in [0.29, 0.717) is 22.6 Å². The second-order valence-electron chi connectivity index (χ2n) is 6.85. The van der Waals surface area contributed by atoms with E-state index in [4.69, 9.17) is 4.74 Å². The summed E-state index contributed by atoms with van der Waals surface area (Å²) in [7, 11) is -2.68. The second kappa shape index (κ2) is 8.91. The highest BCUT2D eigenvalue weighted by Crippen LogP contribution is 2.31. The Morgan fingerprint density at radius 1 is 0.938 bits per heavy atom. The van der Waals surface area contributed by atoms with Crippen molar-refractivity contribution < 1.29 is 31.1 Å². The lowest BCUT2D eigenvalue weighted by atomic mass is 10.2. The van der Waals surface area contributed by atoms with Gasteiger partial charge in [0.25, 0.3) is 15.9 Å². The lowest BCUT2D eigenvalue weighted by Crippen LogP contribution is -2.16. The first-order valence-electron chi connectivity index (χ1n) is 9.26. The van der Waals surface area contributed by atoms with Crippen LogP contribution in [0.15, 0.2) is 71.6 Å². The van der Waals surface area contributed by atoms with E-state index >= 15 is 0 Å². The average Bonchev–Trinajstić information content (AvgIpc) is 2.73. The van der Waals surface area contributed by atoms with Gasteiger partial charge in [0.05, 0.1) is 17.6 Å². The number of ether oxygens (including phenoxy) is 1. The molecule has 0 unspecified atom stereocenters. The van der Waals surface area contributed by atoms with Gasteiger partial charge in [-0.3, -0.25) is 9.52 Å². The number of hydrogen-bond donors (Lipinski definition) is 2. The molecule has 3 aromatic carbocycles. The highest BCUT2D eigenvalue weighted by molar-refractivity contribution is 7.92. The Kier molecular flexibility index (Phi) is 6.45. The molecule has 32 heavy (non-hydrogen) atoms. The maximum absolute atomic E-state index is 12.9. The van der Waals surface area contributed by atoms with Gasteiger partial charge in [-0.15, -0.1) is 0 Å². The molecule has 0 heterocycles. The van der Waals surface area contributed by atoms with E-state index in [9.17, 15) is 26.4 Å². The summed E-state index contributed by atoms with van der Waals surface area (Å²) in [5.74, 6) is 0.0944. The van der Waals surface area contributed by atoms with Crippen molar-refractivity contribution >= 4 is 27.3 Å². The first kappa shape index (κ1) is 23.1. The topological polar surface area (TPSA) is 84.5 Å². The van der Waals surface area contributed by atoms with E-state index in [0.717, 1.165) is 18.2 Å². The van der Waals surface area contributed by atoms with Crippen molar-refractivity contribution in [3.63, 3.8) is 0 Å². The van der Waals surface area contributed by atoms with Crippen LogP contribution in [0.25, 0.3) is 0 Å². The van der Waals surface area contributed by atoms with Gasteiger partial charge in [-0.1, -0.05) is 12.1 Å². The number of hydrogen-bond acceptors (Lipinski definition) is 4. The number of benzene rings is 3. The van der Waals surface area contributed by atoms with Gasteiger partial charge in [0.2, 0.25) is 0 Å². The molecule has 6 nitrogen and oxygen atoms in total. The summed E-state index contributed by atoms with van der Waals surface area (Å²) in [4.78, 5) is 12.3. The van der Waals surface area contributed by atoms with Gasteiger partial charge in [-0.25, -0.2) is 8.42 Å². The fourth-order valence-electron chi connectivity index (χ4n) is 2.97. The molecule has 0 aliphatic rings. The zero-order valence-corrected chi connectivity index (χ0v) is 17.8. The largest absolute Gasteiger partial charge is 0.497 e. The summed E-state index contributed by atoms with van der Waals surface area (Å²) >= 11 is 0. The number of alkyl halides is 3. The Morgan fingerprint density at radius 2 is 1.66 bits per heavy atom. The van der Waals surface area contributed by atoms with Crippen LogP contribution in [-0.2, 0) is 16.2 Å². The van der Waals surface area contributed by atoms with Gasteiger partial charge in [-0.2, -0.15) is 13.2 Å². The molecule has 0 fully saturated rings. The summed E-state index contributed by atoms with van der Waals surface area (Å²) in [5.41, 5.74) is -0.175. The quantitative estimate of drug-likeness (QED) is 0.533. The second-order valence-corrected chi connectivity index (χ2v) is 8.50. The number of halogens is 3. The fraction of sp³-hybridized carbons (Fsp3) is 0.136. The summed E-state index contributed by atoms with van der Waals surface area (Å²) in [6.07, 6.45) is -4.60. The van der Waals surface area contributed by atoms with Crippen LogP contribution in [0.2, 0.25) is 0 Å². The molecule has 2 N–H and O–H groups in total. The third-order valence-corrected chi connectivity index (χ3v) is 6.04. The monoisotopic (exact) mass is 464 g/mol. The first-order valence-corrected chi connectivity index (χ1v) is 10.7. The number of carbonyl (C=O) groups is 1. The molecule has 0 aromatic heterocycles. The maximum Gasteiger partial charge on any atom is 0.416 e. The third kappa shape index (κ3) is 5.38. The maximum atomic E-state index is 12.9. The summed E-state index contributed by atoms with van der Waals surface area (Å²) < 4.78 is 71.3. The van der Waals surface area contributed by atoms with Gasteiger partial charge in [0, 0.05) is 16.9 Å². The predicted molar refractivity (Wildman–Crippen MR) is 114 cm³/mol. The number of methoxy groups -OCH3 is 1. The number of anilines is 2. The number of aryl methyl sites for hydroxylation is 1. The lowest BCUT2D eigenvalue weighted by Gasteiger charge is -2.14. The van der Waals surface area contributed by atoms with Crippen LogP contribution in [0.4, 0.5) is 24.5 Å². The first-order chi connectivity index (χ1) is 15.0. The van der Waals surface area contributed by atoms with Crippen LogP contribution >= 0.6 is 0 Å². The highest BCUT2D eigenvalue weighted by atomic mass is 32.2. The normalized spacial score (nSPS) is 11.7. The number of sulfonamides is 1. The summed E-state index contributed by atoms with van der Waals surface area (Å²) in [6, 6.07) is 14.5. The molecule has 0 aliphatic heterocycles. The van der Waals surface area contributed by atoms with E-state index in [1.807, 2.05) is 0 Å². The molecule has 0 radical (unpaired) electrons.